The molecule has 2 N–H and O–H groups in total. The predicted molar refractivity (Wildman–Crippen MR) is 96.9 cm³/mol. The summed E-state index contributed by atoms with van der Waals surface area (Å²) in [6.45, 7) is 4.28. The molecule has 0 aliphatic heterocycles. The Morgan fingerprint density at radius 2 is 2.00 bits per heavy atom. The zero-order valence-corrected chi connectivity index (χ0v) is 15.0. The van der Waals surface area contributed by atoms with Gasteiger partial charge in [-0.15, -0.1) is 11.8 Å². The van der Waals surface area contributed by atoms with Gasteiger partial charge in [-0.05, 0) is 43.0 Å². The van der Waals surface area contributed by atoms with Crippen LogP contribution in [0.25, 0.3) is 0 Å². The van der Waals surface area contributed by atoms with E-state index in [-0.39, 0.29) is 6.04 Å². The molecule has 21 heavy (non-hydrogen) atoms. The first-order valence-electron chi connectivity index (χ1n) is 7.31. The Labute approximate surface area is 140 Å². The molecular formula is C18H22BrNS. The fraction of sp³-hybridized carbons (Fsp3) is 0.333. The number of nitrogens with two attached hydrogens (primary N) is 1. The van der Waals surface area contributed by atoms with Gasteiger partial charge in [0.15, 0.2) is 0 Å². The molecule has 1 nitrogen and oxygen atoms in total. The largest absolute Gasteiger partial charge is 0.327 e. The lowest BCUT2D eigenvalue weighted by Crippen LogP contribution is -2.21. The molecule has 3 heteroatoms. The summed E-state index contributed by atoms with van der Waals surface area (Å²) >= 11 is 5.46. The molecule has 0 amide bonds. The van der Waals surface area contributed by atoms with Gasteiger partial charge in [0.05, 0.1) is 0 Å². The fourth-order valence-electron chi connectivity index (χ4n) is 2.22. The highest BCUT2D eigenvalue weighted by Crippen LogP contribution is 2.30. The monoisotopic (exact) mass is 363 g/mol. The van der Waals surface area contributed by atoms with Crippen LogP contribution in [0.1, 0.15) is 30.0 Å². The van der Waals surface area contributed by atoms with E-state index in [1.54, 1.807) is 0 Å². The van der Waals surface area contributed by atoms with Crippen LogP contribution in [0.15, 0.2) is 51.8 Å². The van der Waals surface area contributed by atoms with Crippen LogP contribution in [-0.2, 0) is 12.2 Å². The van der Waals surface area contributed by atoms with Crippen LogP contribution < -0.4 is 5.73 Å². The molecule has 1 unspecified atom stereocenters. The van der Waals surface area contributed by atoms with Crippen LogP contribution >= 0.6 is 27.7 Å². The lowest BCUT2D eigenvalue weighted by molar-refractivity contribution is 0.641. The number of benzene rings is 2. The van der Waals surface area contributed by atoms with E-state index in [0.29, 0.717) is 0 Å². The van der Waals surface area contributed by atoms with Gasteiger partial charge in [-0.25, -0.2) is 0 Å². The maximum Gasteiger partial charge on any atom is 0.0232 e. The maximum atomic E-state index is 6.12. The smallest absolute Gasteiger partial charge is 0.0232 e. The Morgan fingerprint density at radius 3 is 2.71 bits per heavy atom. The minimum absolute atomic E-state index is 0.240. The minimum Gasteiger partial charge on any atom is -0.327 e. The van der Waals surface area contributed by atoms with Crippen molar-refractivity contribution in [2.45, 2.75) is 43.4 Å². The highest BCUT2D eigenvalue weighted by atomic mass is 79.9. The van der Waals surface area contributed by atoms with E-state index in [1.807, 2.05) is 11.8 Å². The van der Waals surface area contributed by atoms with E-state index >= 15 is 0 Å². The van der Waals surface area contributed by atoms with Crippen molar-refractivity contribution in [1.29, 1.82) is 0 Å². The Balaban J connectivity index is 2.12. The molecule has 2 rings (SSSR count). The van der Waals surface area contributed by atoms with Gasteiger partial charge in [0.2, 0.25) is 0 Å². The van der Waals surface area contributed by atoms with E-state index in [9.17, 15) is 0 Å². The second kappa shape index (κ2) is 8.02. The molecule has 2 aromatic rings. The molecule has 1 atom stereocenters. The quantitative estimate of drug-likeness (QED) is 0.701. The summed E-state index contributed by atoms with van der Waals surface area (Å²) in [7, 11) is 0. The normalized spacial score (nSPS) is 12.4. The molecule has 2 aromatic carbocycles. The first kappa shape index (κ1) is 16.6. The Bertz CT molecular complexity index is 598. The molecule has 0 aliphatic carbocycles. The van der Waals surface area contributed by atoms with Gasteiger partial charge in [-0.2, -0.15) is 0 Å². The summed E-state index contributed by atoms with van der Waals surface area (Å²) in [4.78, 5) is 1.33. The second-order valence-electron chi connectivity index (χ2n) is 5.40. The SMILES string of the molecule is CCC(N)Cc1ccc(Br)cc1SCc1cccc(C)c1. The van der Waals surface area contributed by atoms with Crippen molar-refractivity contribution < 1.29 is 0 Å². The van der Waals surface area contributed by atoms with Crippen LogP contribution in [0, 0.1) is 6.92 Å². The van der Waals surface area contributed by atoms with Gasteiger partial charge in [-0.3, -0.25) is 0 Å². The maximum absolute atomic E-state index is 6.12. The number of hydrogen-bond acceptors (Lipinski definition) is 2. The first-order valence-corrected chi connectivity index (χ1v) is 9.08. The second-order valence-corrected chi connectivity index (χ2v) is 7.34. The van der Waals surface area contributed by atoms with Crippen LogP contribution in [0.4, 0.5) is 0 Å². The summed E-state index contributed by atoms with van der Waals surface area (Å²) in [5, 5.41) is 0. The third-order valence-corrected chi connectivity index (χ3v) is 5.17. The van der Waals surface area contributed by atoms with Crippen molar-refractivity contribution in [3.05, 3.63) is 63.6 Å². The zero-order valence-electron chi connectivity index (χ0n) is 12.6. The van der Waals surface area contributed by atoms with Crippen molar-refractivity contribution in [3.8, 4) is 0 Å². The van der Waals surface area contributed by atoms with Gasteiger partial charge in [-0.1, -0.05) is 58.7 Å². The zero-order chi connectivity index (χ0) is 15.2. The molecule has 0 bridgehead atoms. The summed E-state index contributed by atoms with van der Waals surface area (Å²) in [6.07, 6.45) is 1.96. The molecule has 0 radical (unpaired) electrons. The number of rotatable bonds is 6. The molecule has 0 spiro atoms. The Hall–Kier alpha value is -0.770. The van der Waals surface area contributed by atoms with Gasteiger partial charge in [0, 0.05) is 21.2 Å². The van der Waals surface area contributed by atoms with E-state index in [1.165, 1.54) is 21.6 Å². The number of aryl methyl sites for hydroxylation is 1. The first-order chi connectivity index (χ1) is 10.1. The summed E-state index contributed by atoms with van der Waals surface area (Å²) in [6, 6.07) is 15.5. The average molecular weight is 364 g/mol. The van der Waals surface area contributed by atoms with Crippen molar-refractivity contribution in [2.75, 3.05) is 0 Å². The Morgan fingerprint density at radius 1 is 1.19 bits per heavy atom. The van der Waals surface area contributed by atoms with Crippen molar-refractivity contribution in [2.24, 2.45) is 5.73 Å². The molecule has 0 fully saturated rings. The average Bonchev–Trinajstić information content (AvgIpc) is 2.47. The van der Waals surface area contributed by atoms with Crippen LogP contribution in [-0.4, -0.2) is 6.04 Å². The van der Waals surface area contributed by atoms with Crippen molar-refractivity contribution in [1.82, 2.24) is 0 Å². The third kappa shape index (κ3) is 5.17. The summed E-state index contributed by atoms with van der Waals surface area (Å²) in [5.74, 6) is 0.993. The molecule has 0 heterocycles. The molecule has 112 valence electrons. The topological polar surface area (TPSA) is 26.0 Å². The van der Waals surface area contributed by atoms with Gasteiger partial charge in [0.1, 0.15) is 0 Å². The molecule has 0 aliphatic rings. The Kier molecular flexibility index (Phi) is 6.34. The molecular weight excluding hydrogens is 342 g/mol. The molecule has 0 saturated carbocycles. The van der Waals surface area contributed by atoms with Crippen molar-refractivity contribution in [3.63, 3.8) is 0 Å². The van der Waals surface area contributed by atoms with Crippen molar-refractivity contribution >= 4 is 27.7 Å². The number of thioether (sulfide) groups is 1. The standard InChI is InChI=1S/C18H22BrNS/c1-3-17(20)10-15-7-8-16(19)11-18(15)21-12-14-6-4-5-13(2)9-14/h4-9,11,17H,3,10,12,20H2,1-2H3. The predicted octanol–water partition coefficient (Wildman–Crippen LogP) is 5.33. The van der Waals surface area contributed by atoms with Crippen LogP contribution in [0.3, 0.4) is 0 Å². The minimum atomic E-state index is 0.240. The van der Waals surface area contributed by atoms with E-state index < -0.39 is 0 Å². The van der Waals surface area contributed by atoms with E-state index in [4.69, 9.17) is 5.73 Å². The summed E-state index contributed by atoms with van der Waals surface area (Å²) in [5.41, 5.74) is 10.2. The van der Waals surface area contributed by atoms with Gasteiger partial charge < -0.3 is 5.73 Å². The van der Waals surface area contributed by atoms with Gasteiger partial charge >= 0.3 is 0 Å². The van der Waals surface area contributed by atoms with Gasteiger partial charge in [0.25, 0.3) is 0 Å². The van der Waals surface area contributed by atoms with E-state index in [2.05, 4.69) is 72.2 Å². The summed E-state index contributed by atoms with van der Waals surface area (Å²) < 4.78 is 1.13. The van der Waals surface area contributed by atoms with Crippen LogP contribution in [0.5, 0.6) is 0 Å². The third-order valence-electron chi connectivity index (χ3n) is 3.51. The number of halogens is 1. The molecule has 0 saturated heterocycles. The number of hydrogen-bond donors (Lipinski definition) is 1. The van der Waals surface area contributed by atoms with E-state index in [0.717, 1.165) is 23.1 Å². The highest BCUT2D eigenvalue weighted by Gasteiger charge is 2.08. The highest BCUT2D eigenvalue weighted by molar-refractivity contribution is 9.10. The van der Waals surface area contributed by atoms with Crippen LogP contribution in [0.2, 0.25) is 0 Å². The lowest BCUT2D eigenvalue weighted by atomic mass is 10.1. The molecule has 0 aromatic heterocycles. The fourth-order valence-corrected chi connectivity index (χ4v) is 3.78. The lowest BCUT2D eigenvalue weighted by Gasteiger charge is -2.14.